The van der Waals surface area contributed by atoms with Crippen LogP contribution in [0.5, 0.6) is 0 Å². The van der Waals surface area contributed by atoms with Crippen molar-refractivity contribution in [1.82, 2.24) is 0 Å². The lowest BCUT2D eigenvalue weighted by Gasteiger charge is -2.01. The molecule has 1 aromatic rings. The van der Waals surface area contributed by atoms with E-state index in [4.69, 9.17) is 5.73 Å². The third-order valence-electron chi connectivity index (χ3n) is 2.13. The van der Waals surface area contributed by atoms with Gasteiger partial charge in [-0.15, -0.1) is 6.58 Å². The Morgan fingerprint density at radius 2 is 1.77 bits per heavy atom. The Morgan fingerprint density at radius 3 is 2.31 bits per heavy atom. The van der Waals surface area contributed by atoms with Crippen molar-refractivity contribution in [3.05, 3.63) is 48.0 Å². The number of unbranched alkanes of at least 4 members (excludes halogenated alkanes) is 1. The van der Waals surface area contributed by atoms with Crippen molar-refractivity contribution in [2.75, 3.05) is 0 Å². The molecule has 0 fully saturated rings. The zero-order valence-corrected chi connectivity index (χ0v) is 8.00. The highest BCUT2D eigenvalue weighted by atomic mass is 14.5. The Kier molecular flexibility index (Phi) is 4.27. The minimum absolute atomic E-state index is 0.632. The molecule has 13 heavy (non-hydrogen) atoms. The normalized spacial score (nSPS) is 9.92. The summed E-state index contributed by atoms with van der Waals surface area (Å²) in [5.41, 5.74) is 8.10. The second-order valence-electron chi connectivity index (χ2n) is 3.20. The molecular formula is C12H17N. The first kappa shape index (κ1) is 10.0. The molecule has 0 unspecified atom stereocenters. The molecule has 1 heteroatoms. The molecule has 1 nitrogen and oxygen atoms in total. The predicted molar refractivity (Wildman–Crippen MR) is 57.5 cm³/mol. The summed E-state index contributed by atoms with van der Waals surface area (Å²) in [4.78, 5) is 0. The van der Waals surface area contributed by atoms with Gasteiger partial charge in [0, 0.05) is 6.54 Å². The molecule has 0 radical (unpaired) electrons. The highest BCUT2D eigenvalue weighted by molar-refractivity contribution is 5.22. The van der Waals surface area contributed by atoms with E-state index in [2.05, 4.69) is 30.8 Å². The van der Waals surface area contributed by atoms with Gasteiger partial charge in [0.05, 0.1) is 0 Å². The molecular weight excluding hydrogens is 158 g/mol. The average molecular weight is 175 g/mol. The van der Waals surface area contributed by atoms with Crippen molar-refractivity contribution < 1.29 is 0 Å². The van der Waals surface area contributed by atoms with Gasteiger partial charge < -0.3 is 5.73 Å². The van der Waals surface area contributed by atoms with Crippen LogP contribution in [0.3, 0.4) is 0 Å². The van der Waals surface area contributed by atoms with Crippen LogP contribution in [0.4, 0.5) is 0 Å². The number of hydrogen-bond acceptors (Lipinski definition) is 1. The highest BCUT2D eigenvalue weighted by Crippen LogP contribution is 2.07. The molecule has 70 valence electrons. The van der Waals surface area contributed by atoms with Gasteiger partial charge in [-0.2, -0.15) is 0 Å². The second kappa shape index (κ2) is 5.55. The van der Waals surface area contributed by atoms with Crippen molar-refractivity contribution in [3.8, 4) is 0 Å². The molecule has 0 aromatic heterocycles. The van der Waals surface area contributed by atoms with Gasteiger partial charge in [0.1, 0.15) is 0 Å². The number of aryl methyl sites for hydroxylation is 1. The van der Waals surface area contributed by atoms with Crippen LogP contribution in [0.1, 0.15) is 24.0 Å². The summed E-state index contributed by atoms with van der Waals surface area (Å²) in [7, 11) is 0. The molecule has 0 aliphatic rings. The Labute approximate surface area is 80.3 Å². The third-order valence-corrected chi connectivity index (χ3v) is 2.13. The topological polar surface area (TPSA) is 26.0 Å². The van der Waals surface area contributed by atoms with E-state index in [0.717, 1.165) is 12.8 Å². The fourth-order valence-corrected chi connectivity index (χ4v) is 1.29. The summed E-state index contributed by atoms with van der Waals surface area (Å²) >= 11 is 0. The van der Waals surface area contributed by atoms with E-state index in [9.17, 15) is 0 Å². The van der Waals surface area contributed by atoms with Gasteiger partial charge in [-0.25, -0.2) is 0 Å². The van der Waals surface area contributed by atoms with Crippen molar-refractivity contribution in [3.63, 3.8) is 0 Å². The molecule has 0 spiro atoms. The SMILES string of the molecule is C=CCCCc1ccc(CN)cc1. The smallest absolute Gasteiger partial charge is 0.0178 e. The zero-order valence-electron chi connectivity index (χ0n) is 8.00. The van der Waals surface area contributed by atoms with E-state index in [0.29, 0.717) is 6.54 Å². The molecule has 1 aromatic carbocycles. The van der Waals surface area contributed by atoms with E-state index in [1.54, 1.807) is 0 Å². The van der Waals surface area contributed by atoms with Gasteiger partial charge in [0.15, 0.2) is 0 Å². The molecule has 0 bridgehead atoms. The second-order valence-corrected chi connectivity index (χ2v) is 3.20. The lowest BCUT2D eigenvalue weighted by molar-refractivity contribution is 0.843. The molecule has 0 aliphatic carbocycles. The molecule has 0 saturated carbocycles. The maximum Gasteiger partial charge on any atom is 0.0178 e. The van der Waals surface area contributed by atoms with Gasteiger partial charge in [-0.05, 0) is 30.4 Å². The number of benzene rings is 1. The Balaban J connectivity index is 2.44. The van der Waals surface area contributed by atoms with Crippen LogP contribution >= 0.6 is 0 Å². The maximum absolute atomic E-state index is 5.51. The van der Waals surface area contributed by atoms with Crippen LogP contribution in [0.15, 0.2) is 36.9 Å². The largest absolute Gasteiger partial charge is 0.326 e. The summed E-state index contributed by atoms with van der Waals surface area (Å²) in [6.45, 7) is 4.33. The molecule has 0 atom stereocenters. The highest BCUT2D eigenvalue weighted by Gasteiger charge is 1.92. The van der Waals surface area contributed by atoms with Crippen molar-refractivity contribution in [2.45, 2.75) is 25.8 Å². The van der Waals surface area contributed by atoms with Crippen LogP contribution < -0.4 is 5.73 Å². The van der Waals surface area contributed by atoms with Crippen LogP contribution in [0.2, 0.25) is 0 Å². The van der Waals surface area contributed by atoms with Crippen LogP contribution in [0.25, 0.3) is 0 Å². The van der Waals surface area contributed by atoms with E-state index in [-0.39, 0.29) is 0 Å². The summed E-state index contributed by atoms with van der Waals surface area (Å²) in [6.07, 6.45) is 5.38. The molecule has 2 N–H and O–H groups in total. The quantitative estimate of drug-likeness (QED) is 0.540. The van der Waals surface area contributed by atoms with Gasteiger partial charge in [0.25, 0.3) is 0 Å². The van der Waals surface area contributed by atoms with E-state index < -0.39 is 0 Å². The van der Waals surface area contributed by atoms with Crippen molar-refractivity contribution in [1.29, 1.82) is 0 Å². The fourth-order valence-electron chi connectivity index (χ4n) is 1.29. The van der Waals surface area contributed by atoms with E-state index >= 15 is 0 Å². The average Bonchev–Trinajstić information content (AvgIpc) is 2.19. The predicted octanol–water partition coefficient (Wildman–Crippen LogP) is 2.65. The number of allylic oxidation sites excluding steroid dienone is 1. The lowest BCUT2D eigenvalue weighted by atomic mass is 10.1. The summed E-state index contributed by atoms with van der Waals surface area (Å²) in [5, 5.41) is 0. The number of nitrogens with two attached hydrogens (primary N) is 1. The minimum atomic E-state index is 0.632. The Hall–Kier alpha value is -1.08. The Morgan fingerprint density at radius 1 is 1.15 bits per heavy atom. The standard InChI is InChI=1S/C12H17N/c1-2-3-4-5-11-6-8-12(10-13)9-7-11/h2,6-9H,1,3-5,10,13H2. The van der Waals surface area contributed by atoms with Crippen molar-refractivity contribution in [2.24, 2.45) is 5.73 Å². The first-order chi connectivity index (χ1) is 6.36. The van der Waals surface area contributed by atoms with E-state index in [1.807, 2.05) is 6.08 Å². The summed E-state index contributed by atoms with van der Waals surface area (Å²) < 4.78 is 0. The van der Waals surface area contributed by atoms with Crippen LogP contribution in [-0.2, 0) is 13.0 Å². The van der Waals surface area contributed by atoms with Gasteiger partial charge in [-0.1, -0.05) is 30.3 Å². The van der Waals surface area contributed by atoms with Gasteiger partial charge in [0.2, 0.25) is 0 Å². The molecule has 0 heterocycles. The van der Waals surface area contributed by atoms with Crippen LogP contribution in [0, 0.1) is 0 Å². The summed E-state index contributed by atoms with van der Waals surface area (Å²) in [5.74, 6) is 0. The number of hydrogen-bond donors (Lipinski definition) is 1. The molecule has 0 saturated heterocycles. The zero-order chi connectivity index (χ0) is 9.52. The monoisotopic (exact) mass is 175 g/mol. The first-order valence-corrected chi connectivity index (χ1v) is 4.75. The third kappa shape index (κ3) is 3.43. The maximum atomic E-state index is 5.51. The minimum Gasteiger partial charge on any atom is -0.326 e. The van der Waals surface area contributed by atoms with Gasteiger partial charge >= 0.3 is 0 Å². The Bertz CT molecular complexity index is 248. The van der Waals surface area contributed by atoms with Gasteiger partial charge in [-0.3, -0.25) is 0 Å². The van der Waals surface area contributed by atoms with E-state index in [1.165, 1.54) is 17.5 Å². The number of rotatable bonds is 5. The van der Waals surface area contributed by atoms with Crippen LogP contribution in [-0.4, -0.2) is 0 Å². The lowest BCUT2D eigenvalue weighted by Crippen LogP contribution is -1.95. The first-order valence-electron chi connectivity index (χ1n) is 4.75. The summed E-state index contributed by atoms with van der Waals surface area (Å²) in [6, 6.07) is 8.52. The van der Waals surface area contributed by atoms with Crippen molar-refractivity contribution >= 4 is 0 Å². The molecule has 1 rings (SSSR count). The molecule has 0 aliphatic heterocycles. The molecule has 0 amide bonds. The fraction of sp³-hybridized carbons (Fsp3) is 0.333.